The van der Waals surface area contributed by atoms with Gasteiger partial charge in [0.2, 0.25) is 0 Å². The Labute approximate surface area is 210 Å². The summed E-state index contributed by atoms with van der Waals surface area (Å²) < 4.78 is 5.46. The highest BCUT2D eigenvalue weighted by Crippen LogP contribution is 2.25. The average molecular weight is 480 g/mol. The van der Waals surface area contributed by atoms with Gasteiger partial charge in [-0.3, -0.25) is 9.59 Å². The summed E-state index contributed by atoms with van der Waals surface area (Å²) in [6.45, 7) is 3.73. The van der Waals surface area contributed by atoms with E-state index in [0.29, 0.717) is 43.7 Å². The summed E-state index contributed by atoms with van der Waals surface area (Å²) in [7, 11) is 0. The molecule has 182 valence electrons. The van der Waals surface area contributed by atoms with Gasteiger partial charge in [0.1, 0.15) is 5.75 Å². The lowest BCUT2D eigenvalue weighted by molar-refractivity contribution is 0.0698. The van der Waals surface area contributed by atoms with Crippen molar-refractivity contribution in [1.82, 2.24) is 15.2 Å². The van der Waals surface area contributed by atoms with Crippen molar-refractivity contribution < 1.29 is 14.3 Å². The first-order valence-corrected chi connectivity index (χ1v) is 12.4. The van der Waals surface area contributed by atoms with Gasteiger partial charge in [-0.25, -0.2) is 4.98 Å². The molecule has 1 aliphatic rings. The molecule has 6 nitrogen and oxygen atoms in total. The number of piperidine rings is 1. The van der Waals surface area contributed by atoms with Crippen molar-refractivity contribution in [2.45, 2.75) is 25.8 Å². The van der Waals surface area contributed by atoms with Gasteiger partial charge < -0.3 is 15.0 Å². The molecule has 1 fully saturated rings. The number of amides is 2. The molecule has 1 aliphatic heterocycles. The quantitative estimate of drug-likeness (QED) is 0.406. The number of nitrogens with one attached hydrogen (secondary N) is 1. The number of rotatable bonds is 6. The van der Waals surface area contributed by atoms with Crippen LogP contribution in [0.25, 0.3) is 22.2 Å². The zero-order chi connectivity index (χ0) is 24.9. The second kappa shape index (κ2) is 10.6. The maximum atomic E-state index is 13.4. The number of benzene rings is 3. The Kier molecular flexibility index (Phi) is 6.94. The van der Waals surface area contributed by atoms with Crippen molar-refractivity contribution in [2.24, 2.45) is 0 Å². The molecule has 3 aromatic carbocycles. The maximum Gasteiger partial charge on any atom is 0.253 e. The molecular formula is C30H29N3O3. The normalized spacial score (nSPS) is 14.0. The number of hydrogen-bond donors (Lipinski definition) is 1. The number of nitrogens with zero attached hydrogens (tertiary/aromatic N) is 2. The SMILES string of the molecule is CCOc1ccc(C(=O)N2CCC(NC(=O)c3cc(-c4ccccc4)nc4ccccc34)CC2)cc1. The number of likely N-dealkylation sites (tertiary alicyclic amines) is 1. The first-order valence-electron chi connectivity index (χ1n) is 12.4. The van der Waals surface area contributed by atoms with Crippen LogP contribution >= 0.6 is 0 Å². The summed E-state index contributed by atoms with van der Waals surface area (Å²) in [6.07, 6.45) is 1.42. The smallest absolute Gasteiger partial charge is 0.253 e. The van der Waals surface area contributed by atoms with Gasteiger partial charge in [-0.1, -0.05) is 48.5 Å². The van der Waals surface area contributed by atoms with E-state index in [0.717, 1.165) is 27.9 Å². The van der Waals surface area contributed by atoms with Gasteiger partial charge in [-0.2, -0.15) is 0 Å². The Morgan fingerprint density at radius 2 is 1.64 bits per heavy atom. The minimum absolute atomic E-state index is 0.00832. The first-order chi connectivity index (χ1) is 17.6. The van der Waals surface area contributed by atoms with Crippen LogP contribution in [0.15, 0.2) is 84.9 Å². The van der Waals surface area contributed by atoms with Gasteiger partial charge in [-0.15, -0.1) is 0 Å². The van der Waals surface area contributed by atoms with Crippen molar-refractivity contribution in [3.8, 4) is 17.0 Å². The molecule has 36 heavy (non-hydrogen) atoms. The fraction of sp³-hybridized carbons (Fsp3) is 0.233. The Bertz CT molecular complexity index is 1360. The van der Waals surface area contributed by atoms with E-state index in [9.17, 15) is 9.59 Å². The van der Waals surface area contributed by atoms with E-state index in [4.69, 9.17) is 9.72 Å². The van der Waals surface area contributed by atoms with E-state index in [1.807, 2.05) is 84.6 Å². The Morgan fingerprint density at radius 1 is 0.944 bits per heavy atom. The van der Waals surface area contributed by atoms with Crippen LogP contribution < -0.4 is 10.1 Å². The van der Waals surface area contributed by atoms with E-state index in [1.165, 1.54) is 0 Å². The lowest BCUT2D eigenvalue weighted by Crippen LogP contribution is -2.46. The zero-order valence-corrected chi connectivity index (χ0v) is 20.3. The van der Waals surface area contributed by atoms with E-state index in [1.54, 1.807) is 12.1 Å². The molecule has 0 spiro atoms. The fourth-order valence-electron chi connectivity index (χ4n) is 4.65. The number of pyridine rings is 1. The van der Waals surface area contributed by atoms with Crippen LogP contribution in [-0.2, 0) is 0 Å². The van der Waals surface area contributed by atoms with E-state index in [2.05, 4.69) is 5.32 Å². The fourth-order valence-corrected chi connectivity index (χ4v) is 4.65. The van der Waals surface area contributed by atoms with Crippen LogP contribution in [-0.4, -0.2) is 47.4 Å². The van der Waals surface area contributed by atoms with Gasteiger partial charge in [0, 0.05) is 35.6 Å². The standard InChI is InChI=1S/C30H29N3O3/c1-2-36-24-14-12-22(13-15-24)30(35)33-18-16-23(17-19-33)31-29(34)26-20-28(21-8-4-3-5-9-21)32-27-11-7-6-10-25(26)27/h3-15,20,23H,2,16-19H2,1H3,(H,31,34). The molecule has 0 radical (unpaired) electrons. The highest BCUT2D eigenvalue weighted by Gasteiger charge is 2.25. The van der Waals surface area contributed by atoms with Crippen LogP contribution in [0, 0.1) is 0 Å². The molecule has 6 heteroatoms. The number of aromatic nitrogens is 1. The molecule has 0 atom stereocenters. The van der Waals surface area contributed by atoms with E-state index in [-0.39, 0.29) is 17.9 Å². The molecule has 0 unspecified atom stereocenters. The Balaban J connectivity index is 1.27. The summed E-state index contributed by atoms with van der Waals surface area (Å²) in [5, 5.41) is 4.04. The number of carbonyl (C=O) groups is 2. The number of para-hydroxylation sites is 1. The van der Waals surface area contributed by atoms with Crippen molar-refractivity contribution >= 4 is 22.7 Å². The molecule has 1 aromatic heterocycles. The molecule has 4 aromatic rings. The van der Waals surface area contributed by atoms with Gasteiger partial charge >= 0.3 is 0 Å². The topological polar surface area (TPSA) is 71.5 Å². The average Bonchev–Trinajstić information content (AvgIpc) is 2.93. The Hall–Kier alpha value is -4.19. The maximum absolute atomic E-state index is 13.4. The van der Waals surface area contributed by atoms with Crippen LogP contribution in [0.3, 0.4) is 0 Å². The van der Waals surface area contributed by atoms with Gasteiger partial charge in [0.15, 0.2) is 0 Å². The molecule has 0 bridgehead atoms. The predicted octanol–water partition coefficient (Wildman–Crippen LogP) is 5.34. The number of hydrogen-bond acceptors (Lipinski definition) is 4. The third-order valence-electron chi connectivity index (χ3n) is 6.56. The number of fused-ring (bicyclic) bond motifs is 1. The minimum Gasteiger partial charge on any atom is -0.494 e. The molecule has 1 N–H and O–H groups in total. The largest absolute Gasteiger partial charge is 0.494 e. The van der Waals surface area contributed by atoms with Crippen molar-refractivity contribution in [3.05, 3.63) is 96.1 Å². The zero-order valence-electron chi connectivity index (χ0n) is 20.3. The second-order valence-electron chi connectivity index (χ2n) is 8.94. The number of carbonyl (C=O) groups excluding carboxylic acids is 2. The van der Waals surface area contributed by atoms with Crippen molar-refractivity contribution in [2.75, 3.05) is 19.7 Å². The highest BCUT2D eigenvalue weighted by atomic mass is 16.5. The third-order valence-corrected chi connectivity index (χ3v) is 6.56. The number of ether oxygens (including phenoxy) is 1. The molecule has 5 rings (SSSR count). The summed E-state index contributed by atoms with van der Waals surface area (Å²) >= 11 is 0. The highest BCUT2D eigenvalue weighted by molar-refractivity contribution is 6.07. The van der Waals surface area contributed by atoms with Crippen LogP contribution in [0.4, 0.5) is 0 Å². The van der Waals surface area contributed by atoms with Crippen LogP contribution in [0.5, 0.6) is 5.75 Å². The molecule has 2 heterocycles. The molecule has 0 saturated carbocycles. The summed E-state index contributed by atoms with van der Waals surface area (Å²) in [5.41, 5.74) is 3.80. The van der Waals surface area contributed by atoms with E-state index >= 15 is 0 Å². The van der Waals surface area contributed by atoms with Crippen LogP contribution in [0.2, 0.25) is 0 Å². The molecule has 1 saturated heterocycles. The van der Waals surface area contributed by atoms with E-state index < -0.39 is 0 Å². The van der Waals surface area contributed by atoms with Gasteiger partial charge in [0.05, 0.1) is 23.4 Å². The lowest BCUT2D eigenvalue weighted by Gasteiger charge is -2.32. The lowest BCUT2D eigenvalue weighted by atomic mass is 10.0. The predicted molar refractivity (Wildman–Crippen MR) is 141 cm³/mol. The van der Waals surface area contributed by atoms with Gasteiger partial charge in [-0.05, 0) is 56.2 Å². The molecule has 2 amide bonds. The molecule has 0 aliphatic carbocycles. The summed E-state index contributed by atoms with van der Waals surface area (Å²) in [6, 6.07) is 26.8. The Morgan fingerprint density at radius 3 is 2.36 bits per heavy atom. The minimum atomic E-state index is -0.109. The van der Waals surface area contributed by atoms with Crippen molar-refractivity contribution in [3.63, 3.8) is 0 Å². The van der Waals surface area contributed by atoms with Gasteiger partial charge in [0.25, 0.3) is 11.8 Å². The molecular weight excluding hydrogens is 450 g/mol. The van der Waals surface area contributed by atoms with Crippen molar-refractivity contribution in [1.29, 1.82) is 0 Å². The monoisotopic (exact) mass is 479 g/mol. The first kappa shape index (κ1) is 23.5. The third kappa shape index (κ3) is 5.08. The summed E-state index contributed by atoms with van der Waals surface area (Å²) in [4.78, 5) is 33.0. The van der Waals surface area contributed by atoms with Crippen LogP contribution in [0.1, 0.15) is 40.5 Å². The summed E-state index contributed by atoms with van der Waals surface area (Å²) in [5.74, 6) is 0.659. The second-order valence-corrected chi connectivity index (χ2v) is 8.94.